The van der Waals surface area contributed by atoms with E-state index in [1.807, 2.05) is 45.9 Å². The summed E-state index contributed by atoms with van der Waals surface area (Å²) in [4.78, 5) is 48.7. The second-order valence-electron chi connectivity index (χ2n) is 8.86. The van der Waals surface area contributed by atoms with Crippen LogP contribution in [0, 0.1) is 0 Å². The van der Waals surface area contributed by atoms with Gasteiger partial charge in [0.2, 0.25) is 5.95 Å². The quantitative estimate of drug-likeness (QED) is 0.385. The van der Waals surface area contributed by atoms with E-state index in [1.165, 1.54) is 10.9 Å². The zero-order chi connectivity index (χ0) is 25.1. The first-order valence-corrected chi connectivity index (χ1v) is 11.8. The van der Waals surface area contributed by atoms with Gasteiger partial charge in [-0.2, -0.15) is 4.98 Å². The number of anilines is 1. The smallest absolute Gasteiger partial charge is 0.404 e. The number of nitrogens with zero attached hydrogens (tertiary/aromatic N) is 5. The number of carboxylic acid groups (broad SMARTS) is 1. The van der Waals surface area contributed by atoms with Gasteiger partial charge in [-0.15, -0.1) is 0 Å². The molecule has 5 rings (SSSR count). The molecule has 36 heavy (non-hydrogen) atoms. The summed E-state index contributed by atoms with van der Waals surface area (Å²) in [6.45, 7) is 1.36. The summed E-state index contributed by atoms with van der Waals surface area (Å²) in [6.07, 6.45) is 1.81. The molecule has 10 heteroatoms. The van der Waals surface area contributed by atoms with Gasteiger partial charge in [-0.1, -0.05) is 60.7 Å². The number of carbonyl (C=O) groups excluding carboxylic acids is 1. The molecule has 0 saturated carbocycles. The Bertz CT molecular complexity index is 1450. The van der Waals surface area contributed by atoms with Crippen molar-refractivity contribution >= 4 is 29.0 Å². The number of rotatable bonds is 7. The summed E-state index contributed by atoms with van der Waals surface area (Å²) in [6, 6.07) is 18.3. The lowest BCUT2D eigenvalue weighted by Crippen LogP contribution is -2.48. The van der Waals surface area contributed by atoms with Gasteiger partial charge in [0.15, 0.2) is 16.9 Å². The van der Waals surface area contributed by atoms with Gasteiger partial charge in [0.25, 0.3) is 5.56 Å². The van der Waals surface area contributed by atoms with Crippen molar-refractivity contribution < 1.29 is 14.7 Å². The summed E-state index contributed by atoms with van der Waals surface area (Å²) >= 11 is 0. The average molecular weight is 487 g/mol. The molecule has 1 fully saturated rings. The van der Waals surface area contributed by atoms with Crippen molar-refractivity contribution in [3.8, 4) is 0 Å². The van der Waals surface area contributed by atoms with Crippen molar-refractivity contribution in [3.05, 3.63) is 88.5 Å². The Morgan fingerprint density at radius 3 is 2.50 bits per heavy atom. The molecule has 4 aromatic rings. The average Bonchev–Trinajstić information content (AvgIpc) is 3.25. The SMILES string of the molecule is O=C(O)NC1CCCN(c2nc3ncn(CC(=O)c4ccccc4)c(=O)c3n2Cc2ccccc2)C1. The van der Waals surface area contributed by atoms with Crippen molar-refractivity contribution in [1.82, 2.24) is 24.4 Å². The number of Topliss-reactive ketones (excluding diaryl/α,β-unsaturated/α-hetero) is 1. The second kappa shape index (κ2) is 10.0. The molecule has 0 radical (unpaired) electrons. The van der Waals surface area contributed by atoms with E-state index in [-0.39, 0.29) is 23.9 Å². The number of fused-ring (bicyclic) bond motifs is 1. The van der Waals surface area contributed by atoms with Crippen molar-refractivity contribution in [2.45, 2.75) is 32.0 Å². The Morgan fingerprint density at radius 2 is 1.78 bits per heavy atom. The van der Waals surface area contributed by atoms with E-state index in [1.54, 1.807) is 24.3 Å². The first kappa shape index (κ1) is 23.3. The number of nitrogens with one attached hydrogen (secondary N) is 1. The molecule has 10 nitrogen and oxygen atoms in total. The highest BCUT2D eigenvalue weighted by Gasteiger charge is 2.27. The van der Waals surface area contributed by atoms with E-state index in [0.717, 1.165) is 18.4 Å². The molecule has 184 valence electrons. The molecule has 1 aliphatic heterocycles. The van der Waals surface area contributed by atoms with E-state index < -0.39 is 6.09 Å². The third kappa shape index (κ3) is 4.83. The first-order chi connectivity index (χ1) is 17.5. The fourth-order valence-electron chi connectivity index (χ4n) is 4.63. The molecule has 2 aromatic carbocycles. The minimum Gasteiger partial charge on any atom is -0.465 e. The largest absolute Gasteiger partial charge is 0.465 e. The van der Waals surface area contributed by atoms with Crippen LogP contribution in [0.3, 0.4) is 0 Å². The highest BCUT2D eigenvalue weighted by Crippen LogP contribution is 2.24. The maximum atomic E-state index is 13.6. The number of aromatic nitrogens is 4. The lowest BCUT2D eigenvalue weighted by molar-refractivity contribution is 0.0970. The number of ketones is 1. The second-order valence-corrected chi connectivity index (χ2v) is 8.86. The highest BCUT2D eigenvalue weighted by atomic mass is 16.4. The maximum absolute atomic E-state index is 13.6. The lowest BCUT2D eigenvalue weighted by atomic mass is 10.1. The summed E-state index contributed by atoms with van der Waals surface area (Å²) in [5, 5.41) is 11.7. The summed E-state index contributed by atoms with van der Waals surface area (Å²) in [7, 11) is 0. The molecule has 3 heterocycles. The molecule has 0 spiro atoms. The van der Waals surface area contributed by atoms with Crippen molar-refractivity contribution in [3.63, 3.8) is 0 Å². The number of hydrogen-bond acceptors (Lipinski definition) is 6. The Kier molecular flexibility index (Phi) is 6.48. The highest BCUT2D eigenvalue weighted by molar-refractivity contribution is 5.95. The zero-order valence-corrected chi connectivity index (χ0v) is 19.6. The van der Waals surface area contributed by atoms with E-state index >= 15 is 0 Å². The van der Waals surface area contributed by atoms with Crippen molar-refractivity contribution in [2.24, 2.45) is 0 Å². The van der Waals surface area contributed by atoms with E-state index in [2.05, 4.69) is 15.3 Å². The van der Waals surface area contributed by atoms with Crippen LogP contribution in [0.15, 0.2) is 71.8 Å². The summed E-state index contributed by atoms with van der Waals surface area (Å²) in [5.74, 6) is 0.370. The Balaban J connectivity index is 1.56. The number of carbonyl (C=O) groups is 2. The zero-order valence-electron chi connectivity index (χ0n) is 19.6. The predicted molar refractivity (Wildman–Crippen MR) is 134 cm³/mol. The molecule has 1 amide bonds. The first-order valence-electron chi connectivity index (χ1n) is 11.8. The van der Waals surface area contributed by atoms with Crippen LogP contribution < -0.4 is 15.8 Å². The van der Waals surface area contributed by atoms with Crippen LogP contribution in [0.5, 0.6) is 0 Å². The molecule has 1 atom stereocenters. The van der Waals surface area contributed by atoms with Gasteiger partial charge in [0, 0.05) is 24.7 Å². The fourth-order valence-corrected chi connectivity index (χ4v) is 4.63. The number of hydrogen-bond donors (Lipinski definition) is 2. The molecule has 0 aliphatic carbocycles. The molecule has 1 saturated heterocycles. The molecular formula is C26H26N6O4. The normalized spacial score (nSPS) is 15.7. The molecule has 2 N–H and O–H groups in total. The van der Waals surface area contributed by atoms with Crippen LogP contribution in [0.25, 0.3) is 11.2 Å². The van der Waals surface area contributed by atoms with Gasteiger partial charge in [-0.05, 0) is 18.4 Å². The van der Waals surface area contributed by atoms with Crippen molar-refractivity contribution in [2.75, 3.05) is 18.0 Å². The number of amides is 1. The van der Waals surface area contributed by atoms with Gasteiger partial charge in [-0.3, -0.25) is 18.7 Å². The topological polar surface area (TPSA) is 122 Å². The minimum absolute atomic E-state index is 0.133. The number of piperidine rings is 1. The van der Waals surface area contributed by atoms with Gasteiger partial charge in [0.1, 0.15) is 6.33 Å². The van der Waals surface area contributed by atoms with Crippen LogP contribution in [-0.4, -0.2) is 55.2 Å². The lowest BCUT2D eigenvalue weighted by Gasteiger charge is -2.33. The van der Waals surface area contributed by atoms with Crippen LogP contribution >= 0.6 is 0 Å². The molecule has 2 aromatic heterocycles. The standard InChI is InChI=1S/C26H26N6O4/c33-21(19-10-5-2-6-11-19)16-31-17-27-23-22(24(31)34)32(14-18-8-3-1-4-9-18)25(29-23)30-13-7-12-20(15-30)28-26(35)36/h1-6,8-11,17,20,28H,7,12-16H2,(H,35,36). The molecule has 1 unspecified atom stereocenters. The molecule has 0 bridgehead atoms. The van der Waals surface area contributed by atoms with E-state index in [0.29, 0.717) is 42.3 Å². The summed E-state index contributed by atoms with van der Waals surface area (Å²) < 4.78 is 3.14. The Hall–Kier alpha value is -4.47. The van der Waals surface area contributed by atoms with Crippen LogP contribution in [-0.2, 0) is 13.1 Å². The predicted octanol–water partition coefficient (Wildman–Crippen LogP) is 2.76. The monoisotopic (exact) mass is 486 g/mol. The van der Waals surface area contributed by atoms with E-state index in [9.17, 15) is 19.5 Å². The van der Waals surface area contributed by atoms with Crippen molar-refractivity contribution in [1.29, 1.82) is 0 Å². The third-order valence-electron chi connectivity index (χ3n) is 6.34. The fraction of sp³-hybridized carbons (Fsp3) is 0.269. The number of benzene rings is 2. The van der Waals surface area contributed by atoms with Gasteiger partial charge in [-0.25, -0.2) is 9.78 Å². The van der Waals surface area contributed by atoms with E-state index in [4.69, 9.17) is 0 Å². The number of imidazole rings is 1. The Labute approximate surface area is 206 Å². The van der Waals surface area contributed by atoms with Crippen LogP contribution in [0.4, 0.5) is 10.7 Å². The van der Waals surface area contributed by atoms with Gasteiger partial charge < -0.3 is 15.3 Å². The molecular weight excluding hydrogens is 460 g/mol. The van der Waals surface area contributed by atoms with Crippen LogP contribution in [0.1, 0.15) is 28.8 Å². The Morgan fingerprint density at radius 1 is 1.06 bits per heavy atom. The van der Waals surface area contributed by atoms with Gasteiger partial charge in [0.05, 0.1) is 13.1 Å². The minimum atomic E-state index is -1.06. The maximum Gasteiger partial charge on any atom is 0.404 e. The molecule has 1 aliphatic rings. The van der Waals surface area contributed by atoms with Crippen LogP contribution in [0.2, 0.25) is 0 Å². The van der Waals surface area contributed by atoms with Gasteiger partial charge >= 0.3 is 6.09 Å². The summed E-state index contributed by atoms with van der Waals surface area (Å²) in [5.41, 5.74) is 1.75. The third-order valence-corrected chi connectivity index (χ3v) is 6.34.